The van der Waals surface area contributed by atoms with Gasteiger partial charge in [-0.25, -0.2) is 0 Å². The summed E-state index contributed by atoms with van der Waals surface area (Å²) >= 11 is 3.42. The average Bonchev–Trinajstić information content (AvgIpc) is 3.15. The molecule has 1 amide bonds. The van der Waals surface area contributed by atoms with E-state index in [4.69, 9.17) is 4.74 Å². The Hall–Kier alpha value is -1.85. The van der Waals surface area contributed by atoms with Gasteiger partial charge in [-0.05, 0) is 42.8 Å². The number of benzene rings is 2. The fourth-order valence-electron chi connectivity index (χ4n) is 2.84. The molecule has 0 spiro atoms. The molecule has 126 valence electrons. The minimum Gasteiger partial charge on any atom is -0.488 e. The SMILES string of the molecule is CN(C(=O)c1ccccc1OCc1ccc(Br)cc1)C1CCNC1. The summed E-state index contributed by atoms with van der Waals surface area (Å²) < 4.78 is 6.95. The number of hydrogen-bond acceptors (Lipinski definition) is 3. The monoisotopic (exact) mass is 388 g/mol. The zero-order valence-corrected chi connectivity index (χ0v) is 15.3. The van der Waals surface area contributed by atoms with Crippen LogP contribution >= 0.6 is 15.9 Å². The van der Waals surface area contributed by atoms with Crippen LogP contribution in [0.2, 0.25) is 0 Å². The Labute approximate surface area is 150 Å². The van der Waals surface area contributed by atoms with Crippen LogP contribution in [-0.4, -0.2) is 37.0 Å². The molecule has 2 aromatic carbocycles. The second-order valence-corrected chi connectivity index (χ2v) is 6.89. The highest BCUT2D eigenvalue weighted by molar-refractivity contribution is 9.10. The molecule has 5 heteroatoms. The topological polar surface area (TPSA) is 41.6 Å². The van der Waals surface area contributed by atoms with Crippen molar-refractivity contribution in [2.45, 2.75) is 19.1 Å². The largest absolute Gasteiger partial charge is 0.488 e. The average molecular weight is 389 g/mol. The van der Waals surface area contributed by atoms with E-state index in [0.717, 1.165) is 29.5 Å². The Balaban J connectivity index is 1.72. The van der Waals surface area contributed by atoms with Crippen molar-refractivity contribution in [1.29, 1.82) is 0 Å². The predicted molar refractivity (Wildman–Crippen MR) is 98.3 cm³/mol. The highest BCUT2D eigenvalue weighted by Crippen LogP contribution is 2.23. The van der Waals surface area contributed by atoms with E-state index >= 15 is 0 Å². The number of amides is 1. The third-order valence-corrected chi connectivity index (χ3v) is 4.86. The fourth-order valence-corrected chi connectivity index (χ4v) is 3.10. The molecule has 1 aliphatic rings. The Kier molecular flexibility index (Phi) is 5.53. The van der Waals surface area contributed by atoms with Gasteiger partial charge in [0.25, 0.3) is 5.91 Å². The first kappa shape index (κ1) is 17.0. The third-order valence-electron chi connectivity index (χ3n) is 4.33. The van der Waals surface area contributed by atoms with E-state index in [2.05, 4.69) is 21.2 Å². The molecular weight excluding hydrogens is 368 g/mol. The normalized spacial score (nSPS) is 16.8. The highest BCUT2D eigenvalue weighted by atomic mass is 79.9. The zero-order valence-electron chi connectivity index (χ0n) is 13.7. The number of hydrogen-bond donors (Lipinski definition) is 1. The number of likely N-dealkylation sites (N-methyl/N-ethyl adjacent to an activating group) is 1. The molecule has 1 fully saturated rings. The lowest BCUT2D eigenvalue weighted by Crippen LogP contribution is -2.38. The van der Waals surface area contributed by atoms with Crippen molar-refractivity contribution < 1.29 is 9.53 Å². The van der Waals surface area contributed by atoms with E-state index < -0.39 is 0 Å². The lowest BCUT2D eigenvalue weighted by atomic mass is 10.1. The molecule has 0 radical (unpaired) electrons. The summed E-state index contributed by atoms with van der Waals surface area (Å²) in [7, 11) is 1.87. The van der Waals surface area contributed by atoms with Crippen LogP contribution in [0.1, 0.15) is 22.3 Å². The quantitative estimate of drug-likeness (QED) is 0.852. The number of rotatable bonds is 5. The minimum absolute atomic E-state index is 0.00936. The van der Waals surface area contributed by atoms with Crippen molar-refractivity contribution in [1.82, 2.24) is 10.2 Å². The van der Waals surface area contributed by atoms with E-state index in [9.17, 15) is 4.79 Å². The molecule has 0 aromatic heterocycles. The first-order chi connectivity index (χ1) is 11.6. The molecule has 1 saturated heterocycles. The van der Waals surface area contributed by atoms with Crippen molar-refractivity contribution >= 4 is 21.8 Å². The van der Waals surface area contributed by atoms with E-state index in [1.807, 2.05) is 60.5 Å². The van der Waals surface area contributed by atoms with Gasteiger partial charge in [0.2, 0.25) is 0 Å². The summed E-state index contributed by atoms with van der Waals surface area (Å²) in [5, 5.41) is 3.30. The van der Waals surface area contributed by atoms with Gasteiger partial charge in [-0.1, -0.05) is 40.2 Å². The standard InChI is InChI=1S/C19H21BrN2O2/c1-22(16-10-11-21-12-16)19(23)17-4-2-3-5-18(17)24-13-14-6-8-15(20)9-7-14/h2-9,16,21H,10-13H2,1H3. The molecule has 0 bridgehead atoms. The minimum atomic E-state index is 0.00936. The van der Waals surface area contributed by atoms with Gasteiger partial charge < -0.3 is 15.0 Å². The second kappa shape index (κ2) is 7.81. The molecule has 1 unspecified atom stereocenters. The Morgan fingerprint density at radius 3 is 2.71 bits per heavy atom. The number of nitrogens with zero attached hydrogens (tertiary/aromatic N) is 1. The van der Waals surface area contributed by atoms with Gasteiger partial charge in [-0.2, -0.15) is 0 Å². The summed E-state index contributed by atoms with van der Waals surface area (Å²) in [6.45, 7) is 2.25. The van der Waals surface area contributed by atoms with Crippen LogP contribution in [0, 0.1) is 0 Å². The molecule has 24 heavy (non-hydrogen) atoms. The van der Waals surface area contributed by atoms with Crippen molar-refractivity contribution in [2.75, 3.05) is 20.1 Å². The maximum Gasteiger partial charge on any atom is 0.257 e. The van der Waals surface area contributed by atoms with Gasteiger partial charge >= 0.3 is 0 Å². The maximum absolute atomic E-state index is 12.8. The first-order valence-corrected chi connectivity index (χ1v) is 8.88. The predicted octanol–water partition coefficient (Wildman–Crippen LogP) is 3.46. The third kappa shape index (κ3) is 3.97. The van der Waals surface area contributed by atoms with E-state index in [1.54, 1.807) is 0 Å². The molecule has 1 aliphatic heterocycles. The van der Waals surface area contributed by atoms with Gasteiger partial charge in [-0.15, -0.1) is 0 Å². The van der Waals surface area contributed by atoms with Crippen molar-refractivity contribution in [3.8, 4) is 5.75 Å². The fraction of sp³-hybridized carbons (Fsp3) is 0.316. The van der Waals surface area contributed by atoms with Crippen molar-refractivity contribution in [3.05, 3.63) is 64.1 Å². The Morgan fingerprint density at radius 2 is 2.00 bits per heavy atom. The molecular formula is C19H21BrN2O2. The molecule has 0 aliphatic carbocycles. The summed E-state index contributed by atoms with van der Waals surface area (Å²) in [5.41, 5.74) is 1.68. The van der Waals surface area contributed by atoms with Crippen molar-refractivity contribution in [2.24, 2.45) is 0 Å². The smallest absolute Gasteiger partial charge is 0.257 e. The molecule has 2 aromatic rings. The Morgan fingerprint density at radius 1 is 1.25 bits per heavy atom. The van der Waals surface area contributed by atoms with Gasteiger partial charge in [-0.3, -0.25) is 4.79 Å². The number of carbonyl (C=O) groups excluding carboxylic acids is 1. The molecule has 0 saturated carbocycles. The van der Waals surface area contributed by atoms with Crippen LogP contribution in [0.3, 0.4) is 0 Å². The van der Waals surface area contributed by atoms with Crippen LogP contribution in [0.25, 0.3) is 0 Å². The molecule has 4 nitrogen and oxygen atoms in total. The highest BCUT2D eigenvalue weighted by Gasteiger charge is 2.25. The zero-order chi connectivity index (χ0) is 16.9. The summed E-state index contributed by atoms with van der Waals surface area (Å²) in [6.07, 6.45) is 0.990. The molecule has 1 heterocycles. The second-order valence-electron chi connectivity index (χ2n) is 5.97. The summed E-state index contributed by atoms with van der Waals surface area (Å²) in [4.78, 5) is 14.6. The van der Waals surface area contributed by atoms with Crippen LogP contribution in [0.4, 0.5) is 0 Å². The first-order valence-electron chi connectivity index (χ1n) is 8.09. The molecule has 1 atom stereocenters. The number of ether oxygens (including phenoxy) is 1. The van der Waals surface area contributed by atoms with Gasteiger partial charge in [0.15, 0.2) is 0 Å². The molecule has 1 N–H and O–H groups in total. The maximum atomic E-state index is 12.8. The van der Waals surface area contributed by atoms with Crippen LogP contribution in [0.15, 0.2) is 53.0 Å². The van der Waals surface area contributed by atoms with E-state index in [-0.39, 0.29) is 11.9 Å². The van der Waals surface area contributed by atoms with Crippen LogP contribution in [0.5, 0.6) is 5.75 Å². The molecule has 3 rings (SSSR count). The summed E-state index contributed by atoms with van der Waals surface area (Å²) in [5.74, 6) is 0.637. The van der Waals surface area contributed by atoms with Crippen molar-refractivity contribution in [3.63, 3.8) is 0 Å². The van der Waals surface area contributed by atoms with E-state index in [0.29, 0.717) is 17.9 Å². The summed E-state index contributed by atoms with van der Waals surface area (Å²) in [6, 6.07) is 15.7. The lowest BCUT2D eigenvalue weighted by molar-refractivity contribution is 0.0739. The van der Waals surface area contributed by atoms with Gasteiger partial charge in [0.1, 0.15) is 12.4 Å². The number of carbonyl (C=O) groups is 1. The lowest BCUT2D eigenvalue weighted by Gasteiger charge is -2.24. The number of halogens is 1. The van der Waals surface area contributed by atoms with Crippen LogP contribution in [-0.2, 0) is 6.61 Å². The number of para-hydroxylation sites is 1. The van der Waals surface area contributed by atoms with E-state index in [1.165, 1.54) is 0 Å². The van der Waals surface area contributed by atoms with Gasteiger partial charge in [0.05, 0.1) is 5.56 Å². The van der Waals surface area contributed by atoms with Gasteiger partial charge in [0, 0.05) is 24.1 Å². The Bertz CT molecular complexity index is 697. The number of nitrogens with one attached hydrogen (secondary N) is 1. The van der Waals surface area contributed by atoms with Crippen LogP contribution < -0.4 is 10.1 Å².